The molecular formula is C16H18FNO5. The van der Waals surface area contributed by atoms with E-state index < -0.39 is 30.2 Å². The van der Waals surface area contributed by atoms with Crippen LogP contribution in [0.1, 0.15) is 29.8 Å². The highest BCUT2D eigenvalue weighted by atomic mass is 19.1. The van der Waals surface area contributed by atoms with Crippen molar-refractivity contribution in [1.29, 1.82) is 0 Å². The summed E-state index contributed by atoms with van der Waals surface area (Å²) in [7, 11) is 1.32. The van der Waals surface area contributed by atoms with E-state index in [0.29, 0.717) is 5.57 Å². The molecule has 0 saturated heterocycles. The minimum Gasteiger partial charge on any atom is -0.506 e. The first-order chi connectivity index (χ1) is 10.9. The molecular weight excluding hydrogens is 305 g/mol. The fourth-order valence-electron chi connectivity index (χ4n) is 2.53. The van der Waals surface area contributed by atoms with Crippen LogP contribution in [0.15, 0.2) is 29.5 Å². The molecule has 23 heavy (non-hydrogen) atoms. The third kappa shape index (κ3) is 2.69. The standard InChI is InChI=1S/C16H18FNO5/c1-5-8-11(17)10(12(7(2)3)18-16(8)21)14-15(22-4)13(20)9(6-19)23-14/h5,14-15,19-20H,1-2,6H2,3-4H3,(H,18,21)/t14-,15?/m0/s1. The lowest BCUT2D eigenvalue weighted by atomic mass is 9.97. The van der Waals surface area contributed by atoms with E-state index in [4.69, 9.17) is 9.47 Å². The molecule has 3 N–H and O–H groups in total. The maximum absolute atomic E-state index is 14.8. The fraction of sp³-hybridized carbons (Fsp3) is 0.312. The molecule has 0 aromatic carbocycles. The minimum absolute atomic E-state index is 0.0196. The van der Waals surface area contributed by atoms with Crippen molar-refractivity contribution >= 4 is 11.6 Å². The molecule has 0 amide bonds. The van der Waals surface area contributed by atoms with Crippen LogP contribution in [0.3, 0.4) is 0 Å². The zero-order valence-corrected chi connectivity index (χ0v) is 12.9. The molecule has 1 aromatic heterocycles. The highest BCUT2D eigenvalue weighted by molar-refractivity contribution is 5.64. The maximum Gasteiger partial charge on any atom is 0.258 e. The highest BCUT2D eigenvalue weighted by Gasteiger charge is 2.41. The van der Waals surface area contributed by atoms with Crippen LogP contribution in [0.25, 0.3) is 11.6 Å². The van der Waals surface area contributed by atoms with Gasteiger partial charge in [0.25, 0.3) is 5.56 Å². The number of allylic oxidation sites excluding steroid dienone is 1. The third-order valence-electron chi connectivity index (χ3n) is 3.64. The van der Waals surface area contributed by atoms with Crippen LogP contribution < -0.4 is 5.56 Å². The van der Waals surface area contributed by atoms with Crippen molar-refractivity contribution in [2.45, 2.75) is 19.1 Å². The van der Waals surface area contributed by atoms with Crippen molar-refractivity contribution in [3.8, 4) is 0 Å². The van der Waals surface area contributed by atoms with Gasteiger partial charge in [-0.25, -0.2) is 4.39 Å². The molecule has 7 heteroatoms. The van der Waals surface area contributed by atoms with Gasteiger partial charge in [-0.15, -0.1) is 0 Å². The average Bonchev–Trinajstić information content (AvgIpc) is 2.82. The van der Waals surface area contributed by atoms with Gasteiger partial charge in [-0.05, 0) is 12.5 Å². The molecule has 124 valence electrons. The molecule has 1 aliphatic rings. The number of aromatic nitrogens is 1. The summed E-state index contributed by atoms with van der Waals surface area (Å²) in [5.41, 5.74) is -0.362. The summed E-state index contributed by atoms with van der Waals surface area (Å²) in [6, 6.07) is 0. The van der Waals surface area contributed by atoms with Gasteiger partial charge >= 0.3 is 0 Å². The van der Waals surface area contributed by atoms with Gasteiger partial charge in [0.05, 0.1) is 16.8 Å². The first-order valence-corrected chi connectivity index (χ1v) is 6.83. The summed E-state index contributed by atoms with van der Waals surface area (Å²) in [4.78, 5) is 14.5. The number of aliphatic hydroxyl groups is 2. The van der Waals surface area contributed by atoms with Gasteiger partial charge in [0.15, 0.2) is 23.7 Å². The Morgan fingerprint density at radius 3 is 2.70 bits per heavy atom. The van der Waals surface area contributed by atoms with Crippen LogP contribution in [0.5, 0.6) is 0 Å². The van der Waals surface area contributed by atoms with E-state index in [1.165, 1.54) is 7.11 Å². The van der Waals surface area contributed by atoms with Gasteiger partial charge < -0.3 is 24.7 Å². The van der Waals surface area contributed by atoms with E-state index in [9.17, 15) is 19.4 Å². The Morgan fingerprint density at radius 1 is 1.57 bits per heavy atom. The molecule has 1 aliphatic heterocycles. The monoisotopic (exact) mass is 323 g/mol. The Hall–Kier alpha value is -2.38. The quantitative estimate of drug-likeness (QED) is 0.771. The predicted octanol–water partition coefficient (Wildman–Crippen LogP) is 2.04. The van der Waals surface area contributed by atoms with E-state index >= 15 is 0 Å². The number of rotatable bonds is 5. The van der Waals surface area contributed by atoms with Gasteiger partial charge in [-0.3, -0.25) is 4.79 Å². The van der Waals surface area contributed by atoms with Crippen LogP contribution in [0.2, 0.25) is 0 Å². The molecule has 0 bridgehead atoms. The summed E-state index contributed by atoms with van der Waals surface area (Å²) >= 11 is 0. The Kier molecular flexibility index (Phi) is 4.72. The molecule has 0 saturated carbocycles. The smallest absolute Gasteiger partial charge is 0.258 e. The minimum atomic E-state index is -1.08. The first kappa shape index (κ1) is 17.0. The zero-order valence-electron chi connectivity index (χ0n) is 12.9. The van der Waals surface area contributed by atoms with Crippen LogP contribution >= 0.6 is 0 Å². The number of nitrogens with one attached hydrogen (secondary N) is 1. The van der Waals surface area contributed by atoms with Crippen LogP contribution in [-0.2, 0) is 9.47 Å². The lowest BCUT2D eigenvalue weighted by molar-refractivity contribution is 0.00302. The number of aliphatic hydroxyl groups excluding tert-OH is 2. The molecule has 0 aliphatic carbocycles. The van der Waals surface area contributed by atoms with E-state index in [-0.39, 0.29) is 28.3 Å². The summed E-state index contributed by atoms with van der Waals surface area (Å²) < 4.78 is 25.4. The summed E-state index contributed by atoms with van der Waals surface area (Å²) in [6.45, 7) is 8.18. The summed E-state index contributed by atoms with van der Waals surface area (Å²) in [5.74, 6) is -1.26. The van der Waals surface area contributed by atoms with E-state index in [1.807, 2.05) is 0 Å². The van der Waals surface area contributed by atoms with Gasteiger partial charge in [-0.2, -0.15) is 0 Å². The van der Waals surface area contributed by atoms with Crippen LogP contribution in [0.4, 0.5) is 4.39 Å². The molecule has 2 rings (SSSR count). The number of hydrogen-bond donors (Lipinski definition) is 3. The molecule has 1 aromatic rings. The maximum atomic E-state index is 14.8. The average molecular weight is 323 g/mol. The first-order valence-electron chi connectivity index (χ1n) is 6.83. The van der Waals surface area contributed by atoms with Crippen molar-refractivity contribution < 1.29 is 24.1 Å². The number of H-pyrrole nitrogens is 1. The number of aromatic amines is 1. The van der Waals surface area contributed by atoms with Crippen LogP contribution in [0, 0.1) is 5.82 Å². The number of methoxy groups -OCH3 is 1. The van der Waals surface area contributed by atoms with Gasteiger partial charge in [0.1, 0.15) is 12.4 Å². The molecule has 0 spiro atoms. The second-order valence-electron chi connectivity index (χ2n) is 5.12. The topological polar surface area (TPSA) is 91.8 Å². The number of pyridine rings is 1. The van der Waals surface area contributed by atoms with Gasteiger partial charge in [-0.1, -0.05) is 19.2 Å². The Morgan fingerprint density at radius 2 is 2.22 bits per heavy atom. The third-order valence-corrected chi connectivity index (χ3v) is 3.64. The number of halogens is 1. The van der Waals surface area contributed by atoms with Crippen molar-refractivity contribution in [3.05, 3.63) is 57.7 Å². The largest absolute Gasteiger partial charge is 0.506 e. The Balaban J connectivity index is 2.70. The molecule has 1 unspecified atom stereocenters. The Labute approximate surface area is 132 Å². The van der Waals surface area contributed by atoms with Crippen LogP contribution in [-0.4, -0.2) is 35.0 Å². The normalized spacial score (nSPS) is 20.5. The molecule has 6 nitrogen and oxygen atoms in total. The second kappa shape index (κ2) is 6.39. The summed E-state index contributed by atoms with van der Waals surface area (Å²) in [5, 5.41) is 19.2. The molecule has 0 radical (unpaired) electrons. The predicted molar refractivity (Wildman–Crippen MR) is 83.2 cm³/mol. The highest BCUT2D eigenvalue weighted by Crippen LogP contribution is 2.40. The molecule has 0 fully saturated rings. The molecule has 2 heterocycles. The number of ether oxygens (including phenoxy) is 2. The van der Waals surface area contributed by atoms with Crippen molar-refractivity contribution in [3.63, 3.8) is 0 Å². The molecule has 2 atom stereocenters. The SMILES string of the molecule is C=Cc1c(F)c([C@@H]2OC(CO)=C(O)C2OC)c(C(=C)C)[nH]c1=O. The van der Waals surface area contributed by atoms with Gasteiger partial charge in [0, 0.05) is 7.11 Å². The fourth-order valence-corrected chi connectivity index (χ4v) is 2.53. The van der Waals surface area contributed by atoms with Crippen molar-refractivity contribution in [1.82, 2.24) is 4.98 Å². The van der Waals surface area contributed by atoms with Gasteiger partial charge in [0.2, 0.25) is 0 Å². The zero-order chi connectivity index (χ0) is 17.3. The summed E-state index contributed by atoms with van der Waals surface area (Å²) in [6.07, 6.45) is -1.01. The van der Waals surface area contributed by atoms with E-state index in [1.54, 1.807) is 6.92 Å². The van der Waals surface area contributed by atoms with E-state index in [0.717, 1.165) is 6.08 Å². The van der Waals surface area contributed by atoms with Crippen molar-refractivity contribution in [2.24, 2.45) is 0 Å². The lowest BCUT2D eigenvalue weighted by Crippen LogP contribution is -2.25. The van der Waals surface area contributed by atoms with Crippen molar-refractivity contribution in [2.75, 3.05) is 13.7 Å². The second-order valence-corrected chi connectivity index (χ2v) is 5.12. The number of hydrogen-bond acceptors (Lipinski definition) is 5. The lowest BCUT2D eigenvalue weighted by Gasteiger charge is -2.22. The Bertz CT molecular complexity index is 750. The van der Waals surface area contributed by atoms with E-state index in [2.05, 4.69) is 18.1 Å².